The normalized spacial score (nSPS) is 17.6. The number of hydrogen-bond donors (Lipinski definition) is 0. The van der Waals surface area contributed by atoms with Crippen LogP contribution >= 0.6 is 0 Å². The van der Waals surface area contributed by atoms with Gasteiger partial charge in [-0.25, -0.2) is 4.98 Å². The Balaban J connectivity index is 1.69. The third-order valence-electron chi connectivity index (χ3n) is 7.26. The van der Waals surface area contributed by atoms with Gasteiger partial charge in [-0.3, -0.25) is 9.59 Å². The van der Waals surface area contributed by atoms with Gasteiger partial charge in [0.1, 0.15) is 18.1 Å². The van der Waals surface area contributed by atoms with E-state index in [1.807, 2.05) is 58.0 Å². The van der Waals surface area contributed by atoms with E-state index < -0.39 is 0 Å². The molecule has 186 valence electrons. The van der Waals surface area contributed by atoms with Gasteiger partial charge in [-0.15, -0.1) is 0 Å². The van der Waals surface area contributed by atoms with Gasteiger partial charge >= 0.3 is 0 Å². The molecule has 1 aromatic heterocycles. The predicted molar refractivity (Wildman–Crippen MR) is 139 cm³/mol. The lowest BCUT2D eigenvalue weighted by Crippen LogP contribution is -2.46. The molecule has 2 aromatic carbocycles. The minimum atomic E-state index is -0.117. The molecule has 3 unspecified atom stereocenters. The third kappa shape index (κ3) is 4.77. The second-order valence-corrected chi connectivity index (χ2v) is 9.44. The molecule has 3 atom stereocenters. The number of carbonyl (C=O) groups is 2. The van der Waals surface area contributed by atoms with Gasteiger partial charge in [-0.2, -0.15) is 0 Å². The summed E-state index contributed by atoms with van der Waals surface area (Å²) >= 11 is 0. The number of hydrogen-bond acceptors (Lipinski definition) is 4. The Morgan fingerprint density at radius 2 is 1.74 bits per heavy atom. The topological polar surface area (TPSA) is 67.7 Å². The molecule has 2 amide bonds. The average molecular weight is 477 g/mol. The van der Waals surface area contributed by atoms with Crippen LogP contribution in [0, 0.1) is 0 Å². The number of anilines is 1. The molecule has 0 N–H and O–H groups in total. The number of benzene rings is 2. The quantitative estimate of drug-likeness (QED) is 0.436. The van der Waals surface area contributed by atoms with Crippen molar-refractivity contribution in [3.05, 3.63) is 54.4 Å². The molecule has 4 rings (SSSR count). The Kier molecular flexibility index (Phi) is 7.43. The molecule has 0 radical (unpaired) electrons. The highest BCUT2D eigenvalue weighted by atomic mass is 16.5. The van der Waals surface area contributed by atoms with Crippen molar-refractivity contribution < 1.29 is 14.3 Å². The third-order valence-corrected chi connectivity index (χ3v) is 7.26. The molecular formula is C28H36N4O3. The Morgan fingerprint density at radius 3 is 2.43 bits per heavy atom. The molecule has 7 nitrogen and oxygen atoms in total. The number of fused-ring (bicyclic) bond motifs is 1. The summed E-state index contributed by atoms with van der Waals surface area (Å²) in [5.74, 6) is 1.46. The number of rotatable bonds is 9. The fourth-order valence-electron chi connectivity index (χ4n) is 5.07. The average Bonchev–Trinajstić information content (AvgIpc) is 3.44. The predicted octanol–water partition coefficient (Wildman–Crippen LogP) is 4.99. The number of imidazole rings is 1. The van der Waals surface area contributed by atoms with Crippen molar-refractivity contribution in [3.63, 3.8) is 0 Å². The number of nitrogens with zero attached hydrogens (tertiary/aromatic N) is 4. The van der Waals surface area contributed by atoms with Crippen LogP contribution in [0.25, 0.3) is 11.0 Å². The molecule has 35 heavy (non-hydrogen) atoms. The number of ether oxygens (including phenoxy) is 1. The first-order valence-electron chi connectivity index (χ1n) is 12.6. The van der Waals surface area contributed by atoms with Crippen molar-refractivity contribution in [2.75, 3.05) is 18.6 Å². The first kappa shape index (κ1) is 24.8. The summed E-state index contributed by atoms with van der Waals surface area (Å²) in [5.41, 5.74) is 2.53. The monoisotopic (exact) mass is 476 g/mol. The van der Waals surface area contributed by atoms with Gasteiger partial charge in [0.25, 0.3) is 0 Å². The summed E-state index contributed by atoms with van der Waals surface area (Å²) in [7, 11) is 1.61. The van der Waals surface area contributed by atoms with Crippen LogP contribution in [0.2, 0.25) is 0 Å². The van der Waals surface area contributed by atoms with Gasteiger partial charge in [-0.05, 0) is 51.0 Å². The highest BCUT2D eigenvalue weighted by Crippen LogP contribution is 2.37. The van der Waals surface area contributed by atoms with Crippen LogP contribution in [-0.4, -0.2) is 52.0 Å². The highest BCUT2D eigenvalue weighted by molar-refractivity contribution is 5.98. The maximum Gasteiger partial charge on any atom is 0.243 e. The van der Waals surface area contributed by atoms with Gasteiger partial charge < -0.3 is 19.1 Å². The second kappa shape index (κ2) is 10.5. The lowest BCUT2D eigenvalue weighted by Gasteiger charge is -2.34. The van der Waals surface area contributed by atoms with Gasteiger partial charge in [0.05, 0.1) is 23.8 Å². The van der Waals surface area contributed by atoms with Gasteiger partial charge in [0, 0.05) is 31.0 Å². The van der Waals surface area contributed by atoms with Crippen LogP contribution in [0.1, 0.15) is 58.7 Å². The molecule has 1 aliphatic heterocycles. The molecule has 2 heterocycles. The number of aromatic nitrogens is 2. The largest absolute Gasteiger partial charge is 0.495 e. The summed E-state index contributed by atoms with van der Waals surface area (Å²) in [6.45, 7) is 9.15. The number of carbonyl (C=O) groups excluding carboxylic acids is 2. The fourth-order valence-corrected chi connectivity index (χ4v) is 5.07. The SMILES string of the molecule is CCC(C)N(C(=O)Cn1c(C2CC(=O)N(c3ccccc3OC)C2)nc2ccccc21)C(C)CC. The van der Waals surface area contributed by atoms with Crippen molar-refractivity contribution >= 4 is 28.5 Å². The lowest BCUT2D eigenvalue weighted by atomic mass is 10.1. The zero-order valence-corrected chi connectivity index (χ0v) is 21.4. The zero-order valence-electron chi connectivity index (χ0n) is 21.4. The molecule has 1 fully saturated rings. The van der Waals surface area contributed by atoms with E-state index in [4.69, 9.17) is 9.72 Å². The lowest BCUT2D eigenvalue weighted by molar-refractivity contribution is -0.136. The molecule has 0 saturated carbocycles. The first-order chi connectivity index (χ1) is 16.9. The Morgan fingerprint density at radius 1 is 1.09 bits per heavy atom. The summed E-state index contributed by atoms with van der Waals surface area (Å²) < 4.78 is 7.53. The Labute approximate surface area is 207 Å². The van der Waals surface area contributed by atoms with Crippen molar-refractivity contribution in [2.45, 2.75) is 71.5 Å². The van der Waals surface area contributed by atoms with E-state index in [-0.39, 0.29) is 36.4 Å². The Bertz CT molecular complexity index is 1190. The van der Waals surface area contributed by atoms with Gasteiger partial charge in [0.15, 0.2) is 0 Å². The smallest absolute Gasteiger partial charge is 0.243 e. The second-order valence-electron chi connectivity index (χ2n) is 9.44. The van der Waals surface area contributed by atoms with E-state index in [0.717, 1.165) is 35.4 Å². The van der Waals surface area contributed by atoms with Gasteiger partial charge in [-0.1, -0.05) is 38.1 Å². The van der Waals surface area contributed by atoms with Crippen LogP contribution in [0.5, 0.6) is 5.75 Å². The van der Waals surface area contributed by atoms with Crippen LogP contribution in [-0.2, 0) is 16.1 Å². The molecule has 0 spiro atoms. The molecule has 3 aromatic rings. The van der Waals surface area contributed by atoms with Crippen LogP contribution in [0.4, 0.5) is 5.69 Å². The van der Waals surface area contributed by atoms with Gasteiger partial charge in [0.2, 0.25) is 11.8 Å². The maximum absolute atomic E-state index is 13.6. The number of amides is 2. The first-order valence-corrected chi connectivity index (χ1v) is 12.6. The van der Waals surface area contributed by atoms with Crippen molar-refractivity contribution in [1.29, 1.82) is 0 Å². The molecular weight excluding hydrogens is 440 g/mol. The van der Waals surface area contributed by atoms with E-state index in [1.165, 1.54) is 0 Å². The van der Waals surface area contributed by atoms with E-state index in [2.05, 4.69) is 27.7 Å². The fraction of sp³-hybridized carbons (Fsp3) is 0.464. The summed E-state index contributed by atoms with van der Waals surface area (Å²) in [5, 5.41) is 0. The summed E-state index contributed by atoms with van der Waals surface area (Å²) in [6.07, 6.45) is 2.15. The minimum absolute atomic E-state index is 0.0327. The molecule has 0 aliphatic carbocycles. The minimum Gasteiger partial charge on any atom is -0.495 e. The van der Waals surface area contributed by atoms with Crippen LogP contribution in [0.15, 0.2) is 48.5 Å². The molecule has 1 saturated heterocycles. The highest BCUT2D eigenvalue weighted by Gasteiger charge is 2.36. The van der Waals surface area contributed by atoms with Crippen molar-refractivity contribution in [2.24, 2.45) is 0 Å². The van der Waals surface area contributed by atoms with E-state index in [1.54, 1.807) is 12.0 Å². The molecule has 7 heteroatoms. The number of para-hydroxylation sites is 4. The Hall–Kier alpha value is -3.35. The molecule has 1 aliphatic rings. The van der Waals surface area contributed by atoms with Crippen LogP contribution in [0.3, 0.4) is 0 Å². The summed E-state index contributed by atoms with van der Waals surface area (Å²) in [4.78, 5) is 35.5. The summed E-state index contributed by atoms with van der Waals surface area (Å²) in [6, 6.07) is 15.8. The van der Waals surface area contributed by atoms with E-state index >= 15 is 0 Å². The number of methoxy groups -OCH3 is 1. The maximum atomic E-state index is 13.6. The van der Waals surface area contributed by atoms with E-state index in [0.29, 0.717) is 18.7 Å². The zero-order chi connectivity index (χ0) is 25.1. The van der Waals surface area contributed by atoms with Crippen molar-refractivity contribution in [3.8, 4) is 5.75 Å². The molecule has 0 bridgehead atoms. The van der Waals surface area contributed by atoms with E-state index in [9.17, 15) is 9.59 Å². The standard InChI is InChI=1S/C28H36N4O3/c1-6-19(3)32(20(4)7-2)27(34)18-31-23-13-9-8-12-22(23)29-28(31)21-16-26(33)30(17-21)24-14-10-11-15-25(24)35-5/h8-15,19-21H,6-7,16-18H2,1-5H3. The van der Waals surface area contributed by atoms with Crippen LogP contribution < -0.4 is 9.64 Å². The van der Waals surface area contributed by atoms with Crippen molar-refractivity contribution in [1.82, 2.24) is 14.5 Å².